The first-order valence-corrected chi connectivity index (χ1v) is 7.40. The fourth-order valence-corrected chi connectivity index (χ4v) is 2.66. The van der Waals surface area contributed by atoms with Gasteiger partial charge in [0.05, 0.1) is 7.11 Å². The van der Waals surface area contributed by atoms with Gasteiger partial charge in [-0.2, -0.15) is 0 Å². The van der Waals surface area contributed by atoms with E-state index in [1.165, 1.54) is 13.2 Å². The lowest BCUT2D eigenvalue weighted by atomic mass is 10.1. The van der Waals surface area contributed by atoms with Crippen molar-refractivity contribution in [2.45, 2.75) is 6.42 Å². The zero-order valence-corrected chi connectivity index (χ0v) is 12.8. The topological polar surface area (TPSA) is 74.3 Å². The minimum absolute atomic E-state index is 0.0889. The SMILES string of the molecule is COc1cccc(O)c1C(=O)NCCc1c[nH]c2ccccc12. The summed E-state index contributed by atoms with van der Waals surface area (Å²) in [6.07, 6.45) is 2.66. The number of aromatic hydroxyl groups is 1. The summed E-state index contributed by atoms with van der Waals surface area (Å²) in [7, 11) is 1.47. The van der Waals surface area contributed by atoms with Gasteiger partial charge in [0.2, 0.25) is 0 Å². The molecule has 0 atom stereocenters. The van der Waals surface area contributed by atoms with E-state index in [0.29, 0.717) is 18.7 Å². The number of phenolic OH excluding ortho intramolecular Hbond substituents is 1. The number of ether oxygens (including phenoxy) is 1. The Morgan fingerprint density at radius 2 is 2.04 bits per heavy atom. The van der Waals surface area contributed by atoms with E-state index in [1.54, 1.807) is 12.1 Å². The molecule has 0 bridgehead atoms. The molecule has 118 valence electrons. The van der Waals surface area contributed by atoms with Crippen molar-refractivity contribution in [2.75, 3.05) is 13.7 Å². The molecule has 1 heterocycles. The van der Waals surface area contributed by atoms with Crippen LogP contribution in [-0.2, 0) is 6.42 Å². The molecule has 3 aromatic rings. The molecule has 0 spiro atoms. The highest BCUT2D eigenvalue weighted by Crippen LogP contribution is 2.27. The van der Waals surface area contributed by atoms with Crippen molar-refractivity contribution >= 4 is 16.8 Å². The fourth-order valence-electron chi connectivity index (χ4n) is 2.66. The Morgan fingerprint density at radius 3 is 2.87 bits per heavy atom. The lowest BCUT2D eigenvalue weighted by Crippen LogP contribution is -2.26. The summed E-state index contributed by atoms with van der Waals surface area (Å²) in [5, 5.41) is 13.9. The second kappa shape index (κ2) is 6.44. The number of carbonyl (C=O) groups excluding carboxylic acids is 1. The Morgan fingerprint density at radius 1 is 1.22 bits per heavy atom. The highest BCUT2D eigenvalue weighted by atomic mass is 16.5. The Kier molecular flexibility index (Phi) is 4.19. The molecular formula is C18H18N2O3. The predicted molar refractivity (Wildman–Crippen MR) is 89.0 cm³/mol. The molecular weight excluding hydrogens is 292 g/mol. The monoisotopic (exact) mass is 310 g/mol. The summed E-state index contributed by atoms with van der Waals surface area (Å²) in [5.74, 6) is -0.0803. The lowest BCUT2D eigenvalue weighted by Gasteiger charge is -2.10. The molecule has 1 amide bonds. The molecule has 0 aliphatic carbocycles. The molecule has 3 N–H and O–H groups in total. The van der Waals surface area contributed by atoms with E-state index in [0.717, 1.165) is 16.5 Å². The number of benzene rings is 2. The summed E-state index contributed by atoms with van der Waals surface area (Å²) >= 11 is 0. The van der Waals surface area contributed by atoms with Gasteiger partial charge in [-0.15, -0.1) is 0 Å². The van der Waals surface area contributed by atoms with Crippen molar-refractivity contribution in [2.24, 2.45) is 0 Å². The molecule has 3 rings (SSSR count). The number of phenols is 1. The van der Waals surface area contributed by atoms with Gasteiger partial charge in [-0.1, -0.05) is 24.3 Å². The zero-order valence-electron chi connectivity index (χ0n) is 12.8. The van der Waals surface area contributed by atoms with Crippen LogP contribution < -0.4 is 10.1 Å². The van der Waals surface area contributed by atoms with Crippen molar-refractivity contribution in [3.05, 3.63) is 59.8 Å². The summed E-state index contributed by atoms with van der Waals surface area (Å²) in [6, 6.07) is 12.8. The Bertz CT molecular complexity index is 839. The minimum Gasteiger partial charge on any atom is -0.507 e. The minimum atomic E-state index is -0.347. The third kappa shape index (κ3) is 2.99. The molecule has 23 heavy (non-hydrogen) atoms. The van der Waals surface area contributed by atoms with Gasteiger partial charge in [0.15, 0.2) is 0 Å². The highest BCUT2D eigenvalue weighted by molar-refractivity contribution is 5.99. The van der Waals surface area contributed by atoms with E-state index >= 15 is 0 Å². The maximum atomic E-state index is 12.3. The molecule has 0 fully saturated rings. The van der Waals surface area contributed by atoms with E-state index < -0.39 is 0 Å². The number of amides is 1. The first kappa shape index (κ1) is 15.0. The molecule has 5 heteroatoms. The van der Waals surface area contributed by atoms with E-state index in [2.05, 4.69) is 16.4 Å². The number of carbonyl (C=O) groups is 1. The van der Waals surface area contributed by atoms with Crippen LogP contribution in [0.4, 0.5) is 0 Å². The third-order valence-electron chi connectivity index (χ3n) is 3.81. The average molecular weight is 310 g/mol. The van der Waals surface area contributed by atoms with Crippen molar-refractivity contribution in [3.63, 3.8) is 0 Å². The maximum absolute atomic E-state index is 12.3. The molecule has 0 saturated carbocycles. The van der Waals surface area contributed by atoms with Gasteiger partial charge >= 0.3 is 0 Å². The first-order chi connectivity index (χ1) is 11.2. The second-order valence-corrected chi connectivity index (χ2v) is 5.22. The van der Waals surface area contributed by atoms with Crippen LogP contribution in [0.15, 0.2) is 48.7 Å². The second-order valence-electron chi connectivity index (χ2n) is 5.22. The van der Waals surface area contributed by atoms with E-state index in [1.807, 2.05) is 24.4 Å². The summed E-state index contributed by atoms with van der Waals surface area (Å²) < 4.78 is 5.13. The van der Waals surface area contributed by atoms with Crippen LogP contribution in [-0.4, -0.2) is 29.7 Å². The molecule has 0 aliphatic heterocycles. The summed E-state index contributed by atoms with van der Waals surface area (Å²) in [4.78, 5) is 15.5. The fraction of sp³-hybridized carbons (Fsp3) is 0.167. The third-order valence-corrected chi connectivity index (χ3v) is 3.81. The number of nitrogens with one attached hydrogen (secondary N) is 2. The van der Waals surface area contributed by atoms with Crippen LogP contribution in [0.2, 0.25) is 0 Å². The summed E-state index contributed by atoms with van der Waals surface area (Å²) in [6.45, 7) is 0.470. The number of H-pyrrole nitrogens is 1. The lowest BCUT2D eigenvalue weighted by molar-refractivity contribution is 0.0948. The van der Waals surface area contributed by atoms with E-state index in [9.17, 15) is 9.90 Å². The van der Waals surface area contributed by atoms with Crippen LogP contribution in [0, 0.1) is 0 Å². The average Bonchev–Trinajstić information content (AvgIpc) is 2.98. The van der Waals surface area contributed by atoms with Gasteiger partial charge in [-0.25, -0.2) is 0 Å². The number of aromatic nitrogens is 1. The smallest absolute Gasteiger partial charge is 0.258 e. The molecule has 0 radical (unpaired) electrons. The number of rotatable bonds is 5. The number of aromatic amines is 1. The Labute approximate surface area is 133 Å². The molecule has 0 aliphatic rings. The van der Waals surface area contributed by atoms with Gasteiger partial charge in [0, 0.05) is 23.6 Å². The first-order valence-electron chi connectivity index (χ1n) is 7.40. The van der Waals surface area contributed by atoms with Gasteiger partial charge in [0.25, 0.3) is 5.91 Å². The molecule has 1 aromatic heterocycles. The van der Waals surface area contributed by atoms with E-state index in [-0.39, 0.29) is 17.2 Å². The Balaban J connectivity index is 1.68. The quantitative estimate of drug-likeness (QED) is 0.678. The van der Waals surface area contributed by atoms with Crippen LogP contribution in [0.3, 0.4) is 0 Å². The predicted octanol–water partition coefficient (Wildman–Crippen LogP) is 2.85. The number of fused-ring (bicyclic) bond motifs is 1. The molecule has 0 unspecified atom stereocenters. The van der Waals surface area contributed by atoms with Crippen molar-refractivity contribution in [3.8, 4) is 11.5 Å². The van der Waals surface area contributed by atoms with Gasteiger partial charge in [0.1, 0.15) is 17.1 Å². The van der Waals surface area contributed by atoms with Crippen LogP contribution >= 0.6 is 0 Å². The van der Waals surface area contributed by atoms with Crippen molar-refractivity contribution in [1.82, 2.24) is 10.3 Å². The molecule has 5 nitrogen and oxygen atoms in total. The van der Waals surface area contributed by atoms with Crippen molar-refractivity contribution in [1.29, 1.82) is 0 Å². The number of hydrogen-bond donors (Lipinski definition) is 3. The van der Waals surface area contributed by atoms with E-state index in [4.69, 9.17) is 4.74 Å². The van der Waals surface area contributed by atoms with Gasteiger partial charge < -0.3 is 20.1 Å². The Hall–Kier alpha value is -2.95. The standard InChI is InChI=1S/C18H18N2O3/c1-23-16-8-4-7-15(21)17(16)18(22)19-10-9-12-11-20-14-6-3-2-5-13(12)14/h2-8,11,20-21H,9-10H2,1H3,(H,19,22). The largest absolute Gasteiger partial charge is 0.507 e. The molecule has 2 aromatic carbocycles. The van der Waals surface area contributed by atoms with Gasteiger partial charge in [-0.3, -0.25) is 4.79 Å². The number of methoxy groups -OCH3 is 1. The van der Waals surface area contributed by atoms with Crippen LogP contribution in [0.5, 0.6) is 11.5 Å². The zero-order chi connectivity index (χ0) is 16.2. The van der Waals surface area contributed by atoms with Crippen LogP contribution in [0.1, 0.15) is 15.9 Å². The number of hydrogen-bond acceptors (Lipinski definition) is 3. The van der Waals surface area contributed by atoms with Crippen LogP contribution in [0.25, 0.3) is 10.9 Å². The summed E-state index contributed by atoms with van der Waals surface area (Å²) in [5.41, 5.74) is 2.38. The highest BCUT2D eigenvalue weighted by Gasteiger charge is 2.16. The maximum Gasteiger partial charge on any atom is 0.258 e. The van der Waals surface area contributed by atoms with Crippen molar-refractivity contribution < 1.29 is 14.6 Å². The number of para-hydroxylation sites is 1. The molecule has 0 saturated heterocycles. The normalized spacial score (nSPS) is 10.7. The van der Waals surface area contributed by atoms with Gasteiger partial charge in [-0.05, 0) is 30.2 Å².